The SMILES string of the molecule is Cc1ccccc1/C=C/C(=O)N[C@H](C(=O)O)C(C)C. The Bertz CT molecular complexity index is 492. The molecule has 1 rings (SSSR count). The van der Waals surface area contributed by atoms with Crippen molar-refractivity contribution in [3.8, 4) is 0 Å². The van der Waals surface area contributed by atoms with Gasteiger partial charge >= 0.3 is 5.97 Å². The Labute approximate surface area is 113 Å². The fraction of sp³-hybridized carbons (Fsp3) is 0.333. The molecule has 1 amide bonds. The first-order valence-electron chi connectivity index (χ1n) is 6.19. The summed E-state index contributed by atoms with van der Waals surface area (Å²) in [6.45, 7) is 5.46. The molecule has 0 aromatic heterocycles. The third kappa shape index (κ3) is 4.58. The number of aryl methyl sites for hydroxylation is 1. The van der Waals surface area contributed by atoms with Crippen LogP contribution in [0.2, 0.25) is 0 Å². The number of amides is 1. The molecule has 0 radical (unpaired) electrons. The fourth-order valence-electron chi connectivity index (χ4n) is 1.65. The van der Waals surface area contributed by atoms with Crippen LogP contribution in [0.15, 0.2) is 30.3 Å². The van der Waals surface area contributed by atoms with Crippen LogP contribution in [0.1, 0.15) is 25.0 Å². The zero-order valence-electron chi connectivity index (χ0n) is 11.4. The molecule has 4 heteroatoms. The summed E-state index contributed by atoms with van der Waals surface area (Å²) >= 11 is 0. The van der Waals surface area contributed by atoms with E-state index in [1.54, 1.807) is 19.9 Å². The van der Waals surface area contributed by atoms with E-state index in [4.69, 9.17) is 5.11 Å². The van der Waals surface area contributed by atoms with Gasteiger partial charge in [0.2, 0.25) is 5.91 Å². The van der Waals surface area contributed by atoms with Crippen LogP contribution in [0.5, 0.6) is 0 Å². The quantitative estimate of drug-likeness (QED) is 0.799. The maximum Gasteiger partial charge on any atom is 0.326 e. The van der Waals surface area contributed by atoms with Crippen molar-refractivity contribution in [2.24, 2.45) is 5.92 Å². The molecule has 1 aromatic carbocycles. The van der Waals surface area contributed by atoms with Gasteiger partial charge in [0.05, 0.1) is 0 Å². The molecule has 4 nitrogen and oxygen atoms in total. The van der Waals surface area contributed by atoms with Gasteiger partial charge in [-0.3, -0.25) is 4.79 Å². The molecular formula is C15H19NO3. The van der Waals surface area contributed by atoms with E-state index < -0.39 is 17.9 Å². The van der Waals surface area contributed by atoms with Crippen molar-refractivity contribution in [1.29, 1.82) is 0 Å². The number of carboxylic acids is 1. The Morgan fingerprint density at radius 3 is 2.42 bits per heavy atom. The van der Waals surface area contributed by atoms with Crippen LogP contribution >= 0.6 is 0 Å². The van der Waals surface area contributed by atoms with E-state index >= 15 is 0 Å². The first-order chi connectivity index (χ1) is 8.91. The minimum Gasteiger partial charge on any atom is -0.480 e. The summed E-state index contributed by atoms with van der Waals surface area (Å²) in [6.07, 6.45) is 3.05. The molecule has 0 saturated heterocycles. The van der Waals surface area contributed by atoms with E-state index in [2.05, 4.69) is 5.32 Å². The topological polar surface area (TPSA) is 66.4 Å². The van der Waals surface area contributed by atoms with Gasteiger partial charge in [-0.1, -0.05) is 38.1 Å². The fourth-order valence-corrected chi connectivity index (χ4v) is 1.65. The van der Waals surface area contributed by atoms with E-state index in [1.165, 1.54) is 6.08 Å². The average molecular weight is 261 g/mol. The van der Waals surface area contributed by atoms with E-state index in [-0.39, 0.29) is 5.92 Å². The molecule has 0 fully saturated rings. The Hall–Kier alpha value is -2.10. The van der Waals surface area contributed by atoms with Crippen molar-refractivity contribution in [1.82, 2.24) is 5.32 Å². The molecule has 0 bridgehead atoms. The summed E-state index contributed by atoms with van der Waals surface area (Å²) in [7, 11) is 0. The van der Waals surface area contributed by atoms with Crippen molar-refractivity contribution >= 4 is 18.0 Å². The smallest absolute Gasteiger partial charge is 0.326 e. The highest BCUT2D eigenvalue weighted by molar-refractivity contribution is 5.94. The predicted octanol–water partition coefficient (Wildman–Crippen LogP) is 2.23. The molecule has 19 heavy (non-hydrogen) atoms. The number of carboxylic acid groups (broad SMARTS) is 1. The lowest BCUT2D eigenvalue weighted by molar-refractivity contribution is -0.142. The molecule has 1 aromatic rings. The van der Waals surface area contributed by atoms with Crippen LogP contribution in [-0.4, -0.2) is 23.0 Å². The molecule has 0 aliphatic rings. The molecular weight excluding hydrogens is 242 g/mol. The normalized spacial score (nSPS) is 12.6. The summed E-state index contributed by atoms with van der Waals surface area (Å²) in [5, 5.41) is 11.5. The second-order valence-corrected chi connectivity index (χ2v) is 4.76. The Balaban J connectivity index is 2.70. The van der Waals surface area contributed by atoms with Crippen LogP contribution < -0.4 is 5.32 Å². The monoisotopic (exact) mass is 261 g/mol. The molecule has 0 spiro atoms. The summed E-state index contributed by atoms with van der Waals surface area (Å²) in [5.74, 6) is -1.58. The van der Waals surface area contributed by atoms with Gasteiger partial charge < -0.3 is 10.4 Å². The number of carbonyl (C=O) groups excluding carboxylic acids is 1. The lowest BCUT2D eigenvalue weighted by Gasteiger charge is -2.16. The van der Waals surface area contributed by atoms with Crippen LogP contribution in [0.3, 0.4) is 0 Å². The minimum atomic E-state index is -1.02. The van der Waals surface area contributed by atoms with Gasteiger partial charge in [0, 0.05) is 6.08 Å². The van der Waals surface area contributed by atoms with E-state index in [0.29, 0.717) is 0 Å². The number of benzene rings is 1. The van der Waals surface area contributed by atoms with Gasteiger partial charge in [0.25, 0.3) is 0 Å². The van der Waals surface area contributed by atoms with E-state index in [0.717, 1.165) is 11.1 Å². The molecule has 0 aliphatic carbocycles. The van der Waals surface area contributed by atoms with Gasteiger partial charge in [0.15, 0.2) is 0 Å². The van der Waals surface area contributed by atoms with Crippen LogP contribution in [-0.2, 0) is 9.59 Å². The van der Waals surface area contributed by atoms with Crippen molar-refractivity contribution in [2.75, 3.05) is 0 Å². The van der Waals surface area contributed by atoms with Crippen LogP contribution in [0, 0.1) is 12.8 Å². The van der Waals surface area contributed by atoms with Crippen molar-refractivity contribution in [3.63, 3.8) is 0 Å². The molecule has 1 atom stereocenters. The average Bonchev–Trinajstić information content (AvgIpc) is 2.34. The standard InChI is InChI=1S/C15H19NO3/c1-10(2)14(15(18)19)16-13(17)9-8-12-7-5-4-6-11(12)3/h4-10,14H,1-3H3,(H,16,17)(H,18,19)/b9-8+/t14-/m0/s1. The number of carbonyl (C=O) groups is 2. The molecule has 0 saturated carbocycles. The summed E-state index contributed by atoms with van der Waals surface area (Å²) in [6, 6.07) is 6.79. The predicted molar refractivity (Wildman–Crippen MR) is 74.6 cm³/mol. The van der Waals surface area contributed by atoms with Gasteiger partial charge in [-0.25, -0.2) is 4.79 Å². The number of hydrogen-bond donors (Lipinski definition) is 2. The van der Waals surface area contributed by atoms with Crippen molar-refractivity contribution in [2.45, 2.75) is 26.8 Å². The third-order valence-corrected chi connectivity index (χ3v) is 2.83. The third-order valence-electron chi connectivity index (χ3n) is 2.83. The van der Waals surface area contributed by atoms with Crippen molar-refractivity contribution < 1.29 is 14.7 Å². The number of nitrogens with one attached hydrogen (secondary N) is 1. The van der Waals surface area contributed by atoms with Crippen LogP contribution in [0.4, 0.5) is 0 Å². The zero-order chi connectivity index (χ0) is 14.4. The minimum absolute atomic E-state index is 0.159. The molecule has 102 valence electrons. The summed E-state index contributed by atoms with van der Waals surface area (Å²) in [5.41, 5.74) is 2.00. The maximum atomic E-state index is 11.7. The highest BCUT2D eigenvalue weighted by Gasteiger charge is 2.22. The first kappa shape index (κ1) is 15.0. The second kappa shape index (κ2) is 6.73. The summed E-state index contributed by atoms with van der Waals surface area (Å²) < 4.78 is 0. The largest absolute Gasteiger partial charge is 0.480 e. The second-order valence-electron chi connectivity index (χ2n) is 4.76. The van der Waals surface area contributed by atoms with Gasteiger partial charge in [0.1, 0.15) is 6.04 Å². The van der Waals surface area contributed by atoms with Crippen molar-refractivity contribution in [3.05, 3.63) is 41.5 Å². The van der Waals surface area contributed by atoms with Crippen LogP contribution in [0.25, 0.3) is 6.08 Å². The summed E-state index contributed by atoms with van der Waals surface area (Å²) in [4.78, 5) is 22.7. The highest BCUT2D eigenvalue weighted by Crippen LogP contribution is 2.09. The molecule has 2 N–H and O–H groups in total. The highest BCUT2D eigenvalue weighted by atomic mass is 16.4. The Morgan fingerprint density at radius 1 is 1.26 bits per heavy atom. The molecule has 0 unspecified atom stereocenters. The lowest BCUT2D eigenvalue weighted by atomic mass is 10.0. The van der Waals surface area contributed by atoms with E-state index in [9.17, 15) is 9.59 Å². The van der Waals surface area contributed by atoms with Gasteiger partial charge in [-0.05, 0) is 30.0 Å². The Kier molecular flexibility index (Phi) is 5.30. The first-order valence-corrected chi connectivity index (χ1v) is 6.19. The molecule has 0 heterocycles. The molecule has 0 aliphatic heterocycles. The Morgan fingerprint density at radius 2 is 1.89 bits per heavy atom. The van der Waals surface area contributed by atoms with Gasteiger partial charge in [-0.2, -0.15) is 0 Å². The van der Waals surface area contributed by atoms with Gasteiger partial charge in [-0.15, -0.1) is 0 Å². The maximum absolute atomic E-state index is 11.7. The van der Waals surface area contributed by atoms with E-state index in [1.807, 2.05) is 31.2 Å². The lowest BCUT2D eigenvalue weighted by Crippen LogP contribution is -2.43. The number of rotatable bonds is 5. The number of aliphatic carboxylic acids is 1. The zero-order valence-corrected chi connectivity index (χ0v) is 11.4. The number of hydrogen-bond acceptors (Lipinski definition) is 2.